The molecule has 3 aromatic rings. The Labute approximate surface area is 178 Å². The average molecular weight is 398 g/mol. The third kappa shape index (κ3) is 3.71. The molecule has 5 nitrogen and oxygen atoms in total. The SMILES string of the molecule is N#Cc1ccc(N2CCCN(Cc3nn(-c4ccccc4)c4c3CCC4)CC2)cc1. The van der Waals surface area contributed by atoms with Gasteiger partial charge in [0.1, 0.15) is 0 Å². The van der Waals surface area contributed by atoms with Crippen LogP contribution in [0.5, 0.6) is 0 Å². The minimum absolute atomic E-state index is 0.720. The van der Waals surface area contributed by atoms with Crippen LogP contribution < -0.4 is 4.90 Å². The van der Waals surface area contributed by atoms with E-state index in [-0.39, 0.29) is 0 Å². The molecule has 0 atom stereocenters. The van der Waals surface area contributed by atoms with Crippen molar-refractivity contribution in [3.63, 3.8) is 0 Å². The van der Waals surface area contributed by atoms with Gasteiger partial charge in [-0.3, -0.25) is 4.90 Å². The van der Waals surface area contributed by atoms with Gasteiger partial charge in [-0.1, -0.05) is 18.2 Å². The zero-order chi connectivity index (χ0) is 20.3. The van der Waals surface area contributed by atoms with Gasteiger partial charge in [-0.05, 0) is 67.6 Å². The second-order valence-corrected chi connectivity index (χ2v) is 8.25. The minimum atomic E-state index is 0.720. The summed E-state index contributed by atoms with van der Waals surface area (Å²) in [6.45, 7) is 5.13. The maximum Gasteiger partial charge on any atom is 0.0991 e. The number of anilines is 1. The van der Waals surface area contributed by atoms with Gasteiger partial charge >= 0.3 is 0 Å². The first-order valence-electron chi connectivity index (χ1n) is 10.9. The fourth-order valence-corrected chi connectivity index (χ4v) is 4.77. The molecule has 2 aromatic carbocycles. The van der Waals surface area contributed by atoms with Crippen molar-refractivity contribution in [1.82, 2.24) is 14.7 Å². The maximum absolute atomic E-state index is 9.02. The molecule has 1 aliphatic carbocycles. The largest absolute Gasteiger partial charge is 0.370 e. The quantitative estimate of drug-likeness (QED) is 0.669. The molecule has 152 valence electrons. The molecule has 2 aliphatic rings. The van der Waals surface area contributed by atoms with E-state index in [0.29, 0.717) is 0 Å². The standard InChI is InChI=1S/C25H27N5/c26-18-20-10-12-21(13-11-20)29-15-5-14-28(16-17-29)19-24-23-8-4-9-25(23)30(27-24)22-6-2-1-3-7-22/h1-3,6-7,10-13H,4-5,8-9,14-17,19H2. The number of benzene rings is 2. The molecule has 30 heavy (non-hydrogen) atoms. The molecule has 0 radical (unpaired) electrons. The van der Waals surface area contributed by atoms with Crippen LogP contribution in [0.25, 0.3) is 5.69 Å². The number of nitriles is 1. The molecule has 1 aliphatic heterocycles. The fraction of sp³-hybridized carbons (Fsp3) is 0.360. The normalized spacial score (nSPS) is 16.8. The van der Waals surface area contributed by atoms with Crippen molar-refractivity contribution in [3.05, 3.63) is 77.1 Å². The average Bonchev–Trinajstić information content (AvgIpc) is 3.32. The van der Waals surface area contributed by atoms with Gasteiger partial charge in [0.05, 0.1) is 23.0 Å². The topological polar surface area (TPSA) is 48.1 Å². The van der Waals surface area contributed by atoms with Crippen LogP contribution in [0.15, 0.2) is 54.6 Å². The third-order valence-electron chi connectivity index (χ3n) is 6.34. The van der Waals surface area contributed by atoms with E-state index in [0.717, 1.165) is 57.5 Å². The first-order valence-corrected chi connectivity index (χ1v) is 10.9. The summed E-state index contributed by atoms with van der Waals surface area (Å²) in [7, 11) is 0. The number of fused-ring (bicyclic) bond motifs is 1. The molecular formula is C25H27N5. The van der Waals surface area contributed by atoms with E-state index in [9.17, 15) is 0 Å². The molecule has 2 heterocycles. The van der Waals surface area contributed by atoms with E-state index in [4.69, 9.17) is 10.4 Å². The van der Waals surface area contributed by atoms with Crippen molar-refractivity contribution in [2.24, 2.45) is 0 Å². The second-order valence-electron chi connectivity index (χ2n) is 8.25. The maximum atomic E-state index is 9.02. The highest BCUT2D eigenvalue weighted by atomic mass is 15.3. The van der Waals surface area contributed by atoms with E-state index in [1.54, 1.807) is 0 Å². The highest BCUT2D eigenvalue weighted by Crippen LogP contribution is 2.29. The molecule has 5 heteroatoms. The van der Waals surface area contributed by atoms with Crippen molar-refractivity contribution < 1.29 is 0 Å². The summed E-state index contributed by atoms with van der Waals surface area (Å²) in [6.07, 6.45) is 4.66. The highest BCUT2D eigenvalue weighted by Gasteiger charge is 2.25. The molecule has 1 fully saturated rings. The lowest BCUT2D eigenvalue weighted by molar-refractivity contribution is 0.280. The highest BCUT2D eigenvalue weighted by molar-refractivity contribution is 5.50. The first-order chi connectivity index (χ1) is 14.8. The van der Waals surface area contributed by atoms with Crippen LogP contribution in [-0.4, -0.2) is 40.9 Å². The Hall–Kier alpha value is -3.10. The lowest BCUT2D eigenvalue weighted by Gasteiger charge is -2.23. The molecule has 1 aromatic heterocycles. The van der Waals surface area contributed by atoms with Crippen LogP contribution in [0.1, 0.15) is 35.4 Å². The Morgan fingerprint density at radius 1 is 0.833 bits per heavy atom. The smallest absolute Gasteiger partial charge is 0.0991 e. The molecule has 0 saturated carbocycles. The number of hydrogen-bond acceptors (Lipinski definition) is 4. The van der Waals surface area contributed by atoms with Gasteiger partial charge in [-0.2, -0.15) is 10.4 Å². The van der Waals surface area contributed by atoms with E-state index in [2.05, 4.69) is 63.0 Å². The van der Waals surface area contributed by atoms with Gasteiger partial charge in [0.15, 0.2) is 0 Å². The minimum Gasteiger partial charge on any atom is -0.370 e. The Balaban J connectivity index is 1.30. The van der Waals surface area contributed by atoms with Crippen molar-refractivity contribution in [2.45, 2.75) is 32.2 Å². The molecule has 1 saturated heterocycles. The summed E-state index contributed by atoms with van der Waals surface area (Å²) in [4.78, 5) is 4.99. The van der Waals surface area contributed by atoms with Gasteiger partial charge in [0.2, 0.25) is 0 Å². The summed E-state index contributed by atoms with van der Waals surface area (Å²) in [5, 5.41) is 14.1. The van der Waals surface area contributed by atoms with Crippen LogP contribution in [0, 0.1) is 11.3 Å². The summed E-state index contributed by atoms with van der Waals surface area (Å²) >= 11 is 0. The zero-order valence-electron chi connectivity index (χ0n) is 17.3. The Kier molecular flexibility index (Phi) is 5.25. The number of aromatic nitrogens is 2. The lowest BCUT2D eigenvalue weighted by atomic mass is 10.2. The van der Waals surface area contributed by atoms with Crippen LogP contribution in [0.2, 0.25) is 0 Å². The number of para-hydroxylation sites is 1. The van der Waals surface area contributed by atoms with Gasteiger partial charge < -0.3 is 4.90 Å². The van der Waals surface area contributed by atoms with Gasteiger partial charge in [0.25, 0.3) is 0 Å². The van der Waals surface area contributed by atoms with Crippen molar-refractivity contribution in [1.29, 1.82) is 5.26 Å². The summed E-state index contributed by atoms with van der Waals surface area (Å²) < 4.78 is 2.18. The van der Waals surface area contributed by atoms with Crippen LogP contribution in [0.3, 0.4) is 0 Å². The van der Waals surface area contributed by atoms with Gasteiger partial charge in [-0.15, -0.1) is 0 Å². The van der Waals surface area contributed by atoms with Gasteiger partial charge in [0, 0.05) is 44.1 Å². The monoisotopic (exact) mass is 397 g/mol. The van der Waals surface area contributed by atoms with E-state index in [1.165, 1.54) is 34.7 Å². The molecule has 0 unspecified atom stereocenters. The van der Waals surface area contributed by atoms with Crippen molar-refractivity contribution in [3.8, 4) is 11.8 Å². The number of hydrogen-bond donors (Lipinski definition) is 0. The summed E-state index contributed by atoms with van der Waals surface area (Å²) in [6, 6.07) is 20.7. The van der Waals surface area contributed by atoms with E-state index in [1.807, 2.05) is 12.1 Å². The Morgan fingerprint density at radius 2 is 1.67 bits per heavy atom. The van der Waals surface area contributed by atoms with Crippen molar-refractivity contribution >= 4 is 5.69 Å². The fourth-order valence-electron chi connectivity index (χ4n) is 4.77. The molecular weight excluding hydrogens is 370 g/mol. The van der Waals surface area contributed by atoms with E-state index >= 15 is 0 Å². The van der Waals surface area contributed by atoms with Crippen LogP contribution in [-0.2, 0) is 19.4 Å². The predicted octanol–water partition coefficient (Wildman–Crippen LogP) is 3.94. The molecule has 0 bridgehead atoms. The van der Waals surface area contributed by atoms with Crippen molar-refractivity contribution in [2.75, 3.05) is 31.1 Å². The second kappa shape index (κ2) is 8.33. The third-order valence-corrected chi connectivity index (χ3v) is 6.34. The van der Waals surface area contributed by atoms with E-state index < -0.39 is 0 Å². The molecule has 0 N–H and O–H groups in total. The number of nitrogens with zero attached hydrogens (tertiary/aromatic N) is 5. The summed E-state index contributed by atoms with van der Waals surface area (Å²) in [5.41, 5.74) is 7.25. The zero-order valence-corrected chi connectivity index (χ0v) is 17.3. The molecule has 0 amide bonds. The first kappa shape index (κ1) is 18.9. The lowest BCUT2D eigenvalue weighted by Crippen LogP contribution is -2.30. The molecule has 5 rings (SSSR count). The Morgan fingerprint density at radius 3 is 2.47 bits per heavy atom. The predicted molar refractivity (Wildman–Crippen MR) is 119 cm³/mol. The number of rotatable bonds is 4. The van der Waals surface area contributed by atoms with Gasteiger partial charge in [-0.25, -0.2) is 4.68 Å². The Bertz CT molecular complexity index is 1050. The van der Waals surface area contributed by atoms with Crippen LogP contribution >= 0.6 is 0 Å². The van der Waals surface area contributed by atoms with Crippen LogP contribution in [0.4, 0.5) is 5.69 Å². The summed E-state index contributed by atoms with van der Waals surface area (Å²) in [5.74, 6) is 0. The molecule has 0 spiro atoms.